The predicted molar refractivity (Wildman–Crippen MR) is 86.4 cm³/mol. The first-order valence-electron chi connectivity index (χ1n) is 6.79. The molecule has 1 nitrogen and oxygen atoms in total. The first kappa shape index (κ1) is 17.5. The van der Waals surface area contributed by atoms with Crippen LogP contribution in [0.25, 0.3) is 0 Å². The van der Waals surface area contributed by atoms with Gasteiger partial charge in [0.1, 0.15) is 0 Å². The zero-order valence-corrected chi connectivity index (χ0v) is 14.5. The fourth-order valence-corrected chi connectivity index (χ4v) is 3.41. The molecule has 0 radical (unpaired) electrons. The van der Waals surface area contributed by atoms with E-state index in [9.17, 15) is 0 Å². The minimum atomic E-state index is 0. The number of halogens is 2. The van der Waals surface area contributed by atoms with Crippen molar-refractivity contribution in [3.05, 3.63) is 58.1 Å². The summed E-state index contributed by atoms with van der Waals surface area (Å²) in [5.41, 5.74) is 5.32. The van der Waals surface area contributed by atoms with Crippen LogP contribution in [0.5, 0.6) is 0 Å². The van der Waals surface area contributed by atoms with E-state index in [0.717, 1.165) is 19.3 Å². The highest BCUT2D eigenvalue weighted by molar-refractivity contribution is 9.10. The van der Waals surface area contributed by atoms with E-state index >= 15 is 0 Å². The maximum atomic E-state index is 4.06. The molecule has 0 spiro atoms. The van der Waals surface area contributed by atoms with Gasteiger partial charge in [0.25, 0.3) is 0 Å². The second kappa shape index (κ2) is 7.44. The van der Waals surface area contributed by atoms with Crippen LogP contribution >= 0.6 is 15.9 Å². The summed E-state index contributed by atoms with van der Waals surface area (Å²) in [5.74, 6) is 0. The normalized spacial score (nSPS) is 20.8. The molecule has 1 N–H and O–H groups in total. The van der Waals surface area contributed by atoms with Gasteiger partial charge in [-0.05, 0) is 50.3 Å². The Bertz CT molecular complexity index is 510. The molecule has 3 heteroatoms. The van der Waals surface area contributed by atoms with Crippen molar-refractivity contribution in [3.63, 3.8) is 0 Å². The number of hydrogen-bond acceptors (Lipinski definition) is 1. The van der Waals surface area contributed by atoms with Crippen LogP contribution in [0.1, 0.15) is 43.9 Å². The minimum absolute atomic E-state index is 0. The van der Waals surface area contributed by atoms with Crippen LogP contribution < -0.4 is 17.7 Å². The molecule has 1 aliphatic heterocycles. The zero-order valence-electron chi connectivity index (χ0n) is 12.2. The fraction of sp³-hybridized carbons (Fsp3) is 0.412. The average molecular weight is 356 g/mol. The predicted octanol–water partition coefficient (Wildman–Crippen LogP) is 1.94. The van der Waals surface area contributed by atoms with Crippen LogP contribution in [-0.2, 0) is 6.42 Å². The summed E-state index contributed by atoms with van der Waals surface area (Å²) in [4.78, 5) is 0. The zero-order chi connectivity index (χ0) is 14.0. The Kier molecular flexibility index (Phi) is 6.50. The van der Waals surface area contributed by atoms with Crippen LogP contribution in [0.2, 0.25) is 0 Å². The van der Waals surface area contributed by atoms with E-state index in [4.69, 9.17) is 0 Å². The molecule has 2 atom stereocenters. The summed E-state index contributed by atoms with van der Waals surface area (Å²) >= 11 is 3.70. The molecule has 0 aliphatic carbocycles. The molecular weight excluding hydrogens is 334 g/mol. The molecule has 0 saturated heterocycles. The van der Waals surface area contributed by atoms with Gasteiger partial charge in [-0.15, -0.1) is 13.2 Å². The van der Waals surface area contributed by atoms with Gasteiger partial charge >= 0.3 is 0 Å². The molecule has 1 aliphatic rings. The minimum Gasteiger partial charge on any atom is -1.00 e. The van der Waals surface area contributed by atoms with Crippen molar-refractivity contribution in [2.24, 2.45) is 0 Å². The van der Waals surface area contributed by atoms with Gasteiger partial charge in [0.15, 0.2) is 0 Å². The highest BCUT2D eigenvalue weighted by atomic mass is 79.9. The largest absolute Gasteiger partial charge is 1.00 e. The van der Waals surface area contributed by atoms with Gasteiger partial charge in [-0.3, -0.25) is 0 Å². The van der Waals surface area contributed by atoms with Gasteiger partial charge in [-0.25, -0.2) is 0 Å². The lowest BCUT2D eigenvalue weighted by molar-refractivity contribution is -0.00000424. The quantitative estimate of drug-likeness (QED) is 0.814. The SMILES string of the molecule is C=C(C)CC1Cc2c(Br)cccc2C(CC(=C)C)N1.[Cl-]. The fourth-order valence-electron chi connectivity index (χ4n) is 2.87. The van der Waals surface area contributed by atoms with Crippen LogP contribution in [0.4, 0.5) is 0 Å². The summed E-state index contributed by atoms with van der Waals surface area (Å²) in [6.45, 7) is 12.3. The molecule has 20 heavy (non-hydrogen) atoms. The van der Waals surface area contributed by atoms with Crippen LogP contribution in [0, 0.1) is 0 Å². The molecule has 2 rings (SSSR count). The van der Waals surface area contributed by atoms with Gasteiger partial charge in [0, 0.05) is 16.6 Å². The van der Waals surface area contributed by atoms with Gasteiger partial charge in [0.2, 0.25) is 0 Å². The summed E-state index contributed by atoms with van der Waals surface area (Å²) in [5, 5.41) is 3.76. The van der Waals surface area contributed by atoms with E-state index in [0.29, 0.717) is 12.1 Å². The molecular formula is C17H22BrClN-. The summed E-state index contributed by atoms with van der Waals surface area (Å²) in [7, 11) is 0. The number of rotatable bonds is 4. The number of benzene rings is 1. The van der Waals surface area contributed by atoms with E-state index < -0.39 is 0 Å². The molecule has 1 heterocycles. The second-order valence-corrected chi connectivity index (χ2v) is 6.60. The van der Waals surface area contributed by atoms with Gasteiger partial charge in [-0.2, -0.15) is 0 Å². The molecule has 1 aromatic carbocycles. The Morgan fingerprint density at radius 3 is 2.50 bits per heavy atom. The van der Waals surface area contributed by atoms with Gasteiger partial charge in [0.05, 0.1) is 0 Å². The Balaban J connectivity index is 0.00000200. The third kappa shape index (κ3) is 4.21. The van der Waals surface area contributed by atoms with Crippen LogP contribution in [0.3, 0.4) is 0 Å². The van der Waals surface area contributed by atoms with Crippen LogP contribution in [-0.4, -0.2) is 6.04 Å². The lowest BCUT2D eigenvalue weighted by atomic mass is 9.86. The smallest absolute Gasteiger partial charge is 0.0363 e. The molecule has 0 amide bonds. The highest BCUT2D eigenvalue weighted by Crippen LogP contribution is 2.34. The monoisotopic (exact) mass is 354 g/mol. The number of fused-ring (bicyclic) bond motifs is 1. The van der Waals surface area contributed by atoms with Crippen molar-refractivity contribution in [2.45, 2.75) is 45.2 Å². The third-order valence-electron chi connectivity index (χ3n) is 3.57. The lowest BCUT2D eigenvalue weighted by Gasteiger charge is -2.34. The lowest BCUT2D eigenvalue weighted by Crippen LogP contribution is -3.00. The Morgan fingerprint density at radius 1 is 1.25 bits per heavy atom. The summed E-state index contributed by atoms with van der Waals surface area (Å²) in [6, 6.07) is 7.35. The number of nitrogens with one attached hydrogen (secondary N) is 1. The van der Waals surface area contributed by atoms with E-state index in [1.54, 1.807) is 0 Å². The molecule has 0 fully saturated rings. The maximum absolute atomic E-state index is 4.06. The van der Waals surface area contributed by atoms with Crippen molar-refractivity contribution in [1.29, 1.82) is 0 Å². The maximum Gasteiger partial charge on any atom is 0.0363 e. The van der Waals surface area contributed by atoms with Crippen molar-refractivity contribution < 1.29 is 12.4 Å². The molecule has 1 aromatic rings. The molecule has 0 saturated carbocycles. The first-order chi connectivity index (χ1) is 8.97. The van der Waals surface area contributed by atoms with Crippen molar-refractivity contribution >= 4 is 15.9 Å². The molecule has 110 valence electrons. The van der Waals surface area contributed by atoms with E-state index in [2.05, 4.69) is 66.5 Å². The Hall–Kier alpha value is -0.570. The van der Waals surface area contributed by atoms with Gasteiger partial charge < -0.3 is 17.7 Å². The molecule has 0 aromatic heterocycles. The molecule has 0 bridgehead atoms. The second-order valence-electron chi connectivity index (χ2n) is 5.75. The summed E-state index contributed by atoms with van der Waals surface area (Å²) < 4.78 is 1.23. The van der Waals surface area contributed by atoms with E-state index in [-0.39, 0.29) is 12.4 Å². The Labute approximate surface area is 137 Å². The van der Waals surface area contributed by atoms with Gasteiger partial charge in [-0.1, -0.05) is 39.2 Å². The number of hydrogen-bond donors (Lipinski definition) is 1. The highest BCUT2D eigenvalue weighted by Gasteiger charge is 2.27. The average Bonchev–Trinajstić information content (AvgIpc) is 2.29. The van der Waals surface area contributed by atoms with Crippen molar-refractivity contribution in [2.75, 3.05) is 0 Å². The summed E-state index contributed by atoms with van der Waals surface area (Å²) in [6.07, 6.45) is 3.10. The Morgan fingerprint density at radius 2 is 1.90 bits per heavy atom. The van der Waals surface area contributed by atoms with Crippen molar-refractivity contribution in [3.8, 4) is 0 Å². The standard InChI is InChI=1S/C17H22BrN.ClH/c1-11(2)8-13-10-15-14(6-5-7-16(15)18)17(19-13)9-12(3)4;/h5-7,13,17,19H,1,3,8-10H2,2,4H3;1H/p-1. The van der Waals surface area contributed by atoms with E-state index in [1.807, 2.05) is 0 Å². The van der Waals surface area contributed by atoms with E-state index in [1.165, 1.54) is 26.7 Å². The first-order valence-corrected chi connectivity index (χ1v) is 7.58. The van der Waals surface area contributed by atoms with Crippen molar-refractivity contribution in [1.82, 2.24) is 5.32 Å². The third-order valence-corrected chi connectivity index (χ3v) is 4.31. The molecule has 2 unspecified atom stereocenters. The van der Waals surface area contributed by atoms with Crippen LogP contribution in [0.15, 0.2) is 47.0 Å². The topological polar surface area (TPSA) is 12.0 Å².